The van der Waals surface area contributed by atoms with Gasteiger partial charge in [-0.2, -0.15) is 0 Å². The van der Waals surface area contributed by atoms with E-state index in [9.17, 15) is 0 Å². The standard InChI is InChI=1S/C16H19ClN2O/c1-3-19-15(10-12-6-8-18-9-7-12)14-5-4-13(17)11-16(14)20-2/h4-9,11,15,19H,3,10H2,1-2H3. The molecule has 1 heterocycles. The quantitative estimate of drug-likeness (QED) is 0.882. The Hall–Kier alpha value is -1.58. The van der Waals surface area contributed by atoms with Gasteiger partial charge in [0.25, 0.3) is 0 Å². The van der Waals surface area contributed by atoms with E-state index in [1.807, 2.05) is 42.7 Å². The predicted molar refractivity (Wildman–Crippen MR) is 82.4 cm³/mol. The van der Waals surface area contributed by atoms with E-state index in [1.54, 1.807) is 7.11 Å². The van der Waals surface area contributed by atoms with Crippen molar-refractivity contribution in [1.29, 1.82) is 0 Å². The Labute approximate surface area is 124 Å². The monoisotopic (exact) mass is 290 g/mol. The normalized spacial score (nSPS) is 12.2. The lowest BCUT2D eigenvalue weighted by Crippen LogP contribution is -2.23. The summed E-state index contributed by atoms with van der Waals surface area (Å²) in [4.78, 5) is 4.05. The van der Waals surface area contributed by atoms with Gasteiger partial charge in [0, 0.05) is 29.0 Å². The molecular weight excluding hydrogens is 272 g/mol. The highest BCUT2D eigenvalue weighted by molar-refractivity contribution is 6.30. The maximum Gasteiger partial charge on any atom is 0.125 e. The molecule has 0 radical (unpaired) electrons. The number of halogens is 1. The summed E-state index contributed by atoms with van der Waals surface area (Å²) in [5.41, 5.74) is 2.36. The molecule has 0 bridgehead atoms. The summed E-state index contributed by atoms with van der Waals surface area (Å²) in [6.45, 7) is 2.99. The Bertz CT molecular complexity index is 545. The molecule has 0 aliphatic rings. The van der Waals surface area contributed by atoms with Crippen molar-refractivity contribution in [2.24, 2.45) is 0 Å². The first-order valence-corrected chi connectivity index (χ1v) is 7.08. The maximum atomic E-state index is 6.03. The minimum Gasteiger partial charge on any atom is -0.496 e. The van der Waals surface area contributed by atoms with Crippen LogP contribution < -0.4 is 10.1 Å². The number of hydrogen-bond donors (Lipinski definition) is 1. The van der Waals surface area contributed by atoms with Gasteiger partial charge in [0.05, 0.1) is 7.11 Å². The predicted octanol–water partition coefficient (Wildman–Crippen LogP) is 3.64. The van der Waals surface area contributed by atoms with Crippen LogP contribution in [0.1, 0.15) is 24.1 Å². The molecule has 0 fully saturated rings. The number of ether oxygens (including phenoxy) is 1. The fraction of sp³-hybridized carbons (Fsp3) is 0.312. The highest BCUT2D eigenvalue weighted by Crippen LogP contribution is 2.30. The molecule has 4 heteroatoms. The van der Waals surface area contributed by atoms with Gasteiger partial charge < -0.3 is 10.1 Å². The van der Waals surface area contributed by atoms with Crippen molar-refractivity contribution in [3.8, 4) is 5.75 Å². The summed E-state index contributed by atoms with van der Waals surface area (Å²) in [6.07, 6.45) is 4.52. The van der Waals surface area contributed by atoms with E-state index in [2.05, 4.69) is 17.2 Å². The average molecular weight is 291 g/mol. The molecule has 0 saturated carbocycles. The summed E-state index contributed by atoms with van der Waals surface area (Å²) in [5, 5.41) is 4.18. The lowest BCUT2D eigenvalue weighted by molar-refractivity contribution is 0.399. The largest absolute Gasteiger partial charge is 0.496 e. The molecule has 106 valence electrons. The van der Waals surface area contributed by atoms with Crippen LogP contribution in [0.4, 0.5) is 0 Å². The molecule has 2 aromatic rings. The highest BCUT2D eigenvalue weighted by Gasteiger charge is 2.16. The van der Waals surface area contributed by atoms with Gasteiger partial charge >= 0.3 is 0 Å². The van der Waals surface area contributed by atoms with Crippen LogP contribution in [0.5, 0.6) is 5.75 Å². The summed E-state index contributed by atoms with van der Waals surface area (Å²) >= 11 is 6.03. The molecule has 0 saturated heterocycles. The Morgan fingerprint density at radius 1 is 1.25 bits per heavy atom. The molecule has 0 aliphatic carbocycles. The SMILES string of the molecule is CCNC(Cc1ccncc1)c1ccc(Cl)cc1OC. The number of methoxy groups -OCH3 is 1. The first-order chi connectivity index (χ1) is 9.74. The van der Waals surface area contributed by atoms with Crippen molar-refractivity contribution < 1.29 is 4.74 Å². The van der Waals surface area contributed by atoms with E-state index in [0.29, 0.717) is 5.02 Å². The molecule has 1 aromatic carbocycles. The second-order valence-electron chi connectivity index (χ2n) is 4.56. The van der Waals surface area contributed by atoms with Crippen LogP contribution in [0, 0.1) is 0 Å². The van der Waals surface area contributed by atoms with Gasteiger partial charge in [-0.1, -0.05) is 24.6 Å². The summed E-state index contributed by atoms with van der Waals surface area (Å²) in [5.74, 6) is 0.817. The first kappa shape index (κ1) is 14.8. The van der Waals surface area contributed by atoms with Crippen molar-refractivity contribution in [1.82, 2.24) is 10.3 Å². The van der Waals surface area contributed by atoms with Gasteiger partial charge in [0.15, 0.2) is 0 Å². The van der Waals surface area contributed by atoms with Gasteiger partial charge in [-0.3, -0.25) is 4.98 Å². The Balaban J connectivity index is 2.28. The molecule has 0 amide bonds. The van der Waals surface area contributed by atoms with Crippen molar-refractivity contribution in [2.45, 2.75) is 19.4 Å². The van der Waals surface area contributed by atoms with Crippen LogP contribution in [0.2, 0.25) is 5.02 Å². The zero-order valence-corrected chi connectivity index (χ0v) is 12.5. The second kappa shape index (κ2) is 7.27. The smallest absolute Gasteiger partial charge is 0.125 e. The minimum absolute atomic E-state index is 0.189. The van der Waals surface area contributed by atoms with Crippen LogP contribution in [0.3, 0.4) is 0 Å². The molecule has 1 atom stereocenters. The average Bonchev–Trinajstić information content (AvgIpc) is 2.48. The third kappa shape index (κ3) is 3.71. The molecule has 3 nitrogen and oxygen atoms in total. The van der Waals surface area contributed by atoms with Crippen molar-refractivity contribution >= 4 is 11.6 Å². The molecule has 0 aliphatic heterocycles. The highest BCUT2D eigenvalue weighted by atomic mass is 35.5. The molecule has 1 N–H and O–H groups in total. The fourth-order valence-corrected chi connectivity index (χ4v) is 2.43. The minimum atomic E-state index is 0.189. The molecule has 2 rings (SSSR count). The number of nitrogens with one attached hydrogen (secondary N) is 1. The van der Waals surface area contributed by atoms with E-state index in [0.717, 1.165) is 24.3 Å². The van der Waals surface area contributed by atoms with Gasteiger partial charge in [-0.05, 0) is 42.8 Å². The summed E-state index contributed by atoms with van der Waals surface area (Å²) < 4.78 is 5.45. The lowest BCUT2D eigenvalue weighted by atomic mass is 9.98. The molecule has 0 spiro atoms. The van der Waals surface area contributed by atoms with E-state index < -0.39 is 0 Å². The topological polar surface area (TPSA) is 34.2 Å². The summed E-state index contributed by atoms with van der Waals surface area (Å²) in [6, 6.07) is 10.0. The van der Waals surface area contributed by atoms with Crippen LogP contribution in [0.25, 0.3) is 0 Å². The van der Waals surface area contributed by atoms with E-state index in [-0.39, 0.29) is 6.04 Å². The van der Waals surface area contributed by atoms with Gasteiger partial charge in [-0.25, -0.2) is 0 Å². The number of benzene rings is 1. The number of nitrogens with zero attached hydrogens (tertiary/aromatic N) is 1. The van der Waals surface area contributed by atoms with E-state index in [1.165, 1.54) is 5.56 Å². The van der Waals surface area contributed by atoms with Crippen LogP contribution >= 0.6 is 11.6 Å². The maximum absolute atomic E-state index is 6.03. The fourth-order valence-electron chi connectivity index (χ4n) is 2.27. The van der Waals surface area contributed by atoms with Crippen LogP contribution in [0.15, 0.2) is 42.7 Å². The van der Waals surface area contributed by atoms with Crippen LogP contribution in [-0.2, 0) is 6.42 Å². The Kier molecular flexibility index (Phi) is 5.39. The summed E-state index contributed by atoms with van der Waals surface area (Å²) in [7, 11) is 1.67. The Morgan fingerprint density at radius 2 is 2.00 bits per heavy atom. The van der Waals surface area contributed by atoms with E-state index >= 15 is 0 Å². The van der Waals surface area contributed by atoms with Crippen molar-refractivity contribution in [3.05, 3.63) is 58.9 Å². The molecule has 1 unspecified atom stereocenters. The second-order valence-corrected chi connectivity index (χ2v) is 4.99. The van der Waals surface area contributed by atoms with Crippen LogP contribution in [-0.4, -0.2) is 18.6 Å². The lowest BCUT2D eigenvalue weighted by Gasteiger charge is -2.21. The van der Waals surface area contributed by atoms with Gasteiger partial charge in [0.2, 0.25) is 0 Å². The number of hydrogen-bond acceptors (Lipinski definition) is 3. The zero-order valence-electron chi connectivity index (χ0n) is 11.8. The number of rotatable bonds is 6. The third-order valence-electron chi connectivity index (χ3n) is 3.21. The zero-order chi connectivity index (χ0) is 14.4. The number of pyridine rings is 1. The third-order valence-corrected chi connectivity index (χ3v) is 3.45. The van der Waals surface area contributed by atoms with Gasteiger partial charge in [-0.15, -0.1) is 0 Å². The number of likely N-dealkylation sites (N-methyl/N-ethyl adjacent to an activating group) is 1. The molecule has 1 aromatic heterocycles. The van der Waals surface area contributed by atoms with Gasteiger partial charge in [0.1, 0.15) is 5.75 Å². The molecular formula is C16H19ClN2O. The van der Waals surface area contributed by atoms with E-state index in [4.69, 9.17) is 16.3 Å². The van der Waals surface area contributed by atoms with Crippen molar-refractivity contribution in [3.63, 3.8) is 0 Å². The Morgan fingerprint density at radius 3 is 2.65 bits per heavy atom. The van der Waals surface area contributed by atoms with Crippen molar-refractivity contribution in [2.75, 3.05) is 13.7 Å². The number of aromatic nitrogens is 1. The molecule has 20 heavy (non-hydrogen) atoms. The first-order valence-electron chi connectivity index (χ1n) is 6.70.